The number of nitrogens with one attached hydrogen (secondary N) is 1. The normalized spacial score (nSPS) is 22.9. The summed E-state index contributed by atoms with van der Waals surface area (Å²) in [5.41, 5.74) is 8.52. The van der Waals surface area contributed by atoms with Gasteiger partial charge in [0.15, 0.2) is 0 Å². The van der Waals surface area contributed by atoms with Crippen molar-refractivity contribution in [1.82, 2.24) is 4.98 Å². The molecule has 0 amide bonds. The first-order valence-electron chi connectivity index (χ1n) is 6.93. The number of aromatic nitrogens is 1. The summed E-state index contributed by atoms with van der Waals surface area (Å²) in [6, 6.07) is 5.90. The van der Waals surface area contributed by atoms with Gasteiger partial charge in [0.25, 0.3) is 0 Å². The summed E-state index contributed by atoms with van der Waals surface area (Å²) in [7, 11) is 0. The van der Waals surface area contributed by atoms with Crippen molar-refractivity contribution in [2.24, 2.45) is 0 Å². The van der Waals surface area contributed by atoms with Crippen molar-refractivity contribution in [1.29, 1.82) is 0 Å². The van der Waals surface area contributed by atoms with Gasteiger partial charge in [0.05, 0.1) is 23.3 Å². The first-order valence-corrected chi connectivity index (χ1v) is 7.73. The molecule has 1 aromatic carbocycles. The van der Waals surface area contributed by atoms with E-state index in [1.165, 1.54) is 0 Å². The third kappa shape index (κ3) is 2.60. The van der Waals surface area contributed by atoms with Gasteiger partial charge in [0.2, 0.25) is 0 Å². The summed E-state index contributed by atoms with van der Waals surface area (Å²) in [6.07, 6.45) is 5.59. The molecular weight excluding hydrogens is 318 g/mol. The van der Waals surface area contributed by atoms with Gasteiger partial charge in [-0.15, -0.1) is 0 Å². The number of pyridine rings is 1. The number of rotatable bonds is 2. The van der Waals surface area contributed by atoms with E-state index in [-0.39, 0.29) is 12.1 Å². The second kappa shape index (κ2) is 5.58. The lowest BCUT2D eigenvalue weighted by molar-refractivity contribution is 0.116. The van der Waals surface area contributed by atoms with Crippen LogP contribution in [0.15, 0.2) is 28.9 Å². The number of aliphatic hydroxyl groups is 1. The highest BCUT2D eigenvalue weighted by molar-refractivity contribution is 9.10. The van der Waals surface area contributed by atoms with E-state index in [1.54, 1.807) is 6.20 Å². The molecule has 1 aromatic heterocycles. The molecule has 1 heterocycles. The molecule has 20 heavy (non-hydrogen) atoms. The van der Waals surface area contributed by atoms with Crippen LogP contribution < -0.4 is 11.1 Å². The molecule has 3 rings (SSSR count). The first kappa shape index (κ1) is 13.6. The van der Waals surface area contributed by atoms with Crippen LogP contribution >= 0.6 is 15.9 Å². The number of hydrogen-bond donors (Lipinski definition) is 3. The maximum absolute atomic E-state index is 10.1. The lowest BCUT2D eigenvalue weighted by atomic mass is 9.92. The molecule has 0 bridgehead atoms. The van der Waals surface area contributed by atoms with Gasteiger partial charge in [-0.25, -0.2) is 0 Å². The van der Waals surface area contributed by atoms with Crippen molar-refractivity contribution in [3.8, 4) is 0 Å². The molecule has 0 radical (unpaired) electrons. The summed E-state index contributed by atoms with van der Waals surface area (Å²) in [6.45, 7) is 0. The zero-order valence-corrected chi connectivity index (χ0v) is 12.7. The minimum atomic E-state index is -0.285. The molecule has 0 aliphatic heterocycles. The second-order valence-corrected chi connectivity index (χ2v) is 6.27. The van der Waals surface area contributed by atoms with Crippen LogP contribution in [0.4, 0.5) is 11.4 Å². The molecule has 1 aliphatic rings. The minimum Gasteiger partial charge on any atom is -0.398 e. The number of nitrogen functional groups attached to an aromatic ring is 1. The number of aliphatic hydroxyl groups excluding tert-OH is 1. The average Bonchev–Trinajstić information content (AvgIpc) is 2.44. The van der Waals surface area contributed by atoms with Crippen molar-refractivity contribution in [3.63, 3.8) is 0 Å². The van der Waals surface area contributed by atoms with E-state index in [2.05, 4.69) is 26.2 Å². The van der Waals surface area contributed by atoms with Crippen LogP contribution in [0.1, 0.15) is 25.7 Å². The molecule has 4 nitrogen and oxygen atoms in total. The van der Waals surface area contributed by atoms with Gasteiger partial charge in [0, 0.05) is 21.7 Å². The van der Waals surface area contributed by atoms with Crippen molar-refractivity contribution < 1.29 is 5.11 Å². The first-order chi connectivity index (χ1) is 9.65. The van der Waals surface area contributed by atoms with Gasteiger partial charge in [-0.1, -0.05) is 12.8 Å². The predicted octanol–water partition coefficient (Wildman–Crippen LogP) is 3.29. The van der Waals surface area contributed by atoms with Crippen molar-refractivity contribution in [2.75, 3.05) is 11.1 Å². The van der Waals surface area contributed by atoms with Crippen molar-refractivity contribution >= 4 is 38.2 Å². The molecule has 1 fully saturated rings. The zero-order valence-electron chi connectivity index (χ0n) is 11.1. The third-order valence-electron chi connectivity index (χ3n) is 3.92. The lowest BCUT2D eigenvalue weighted by Crippen LogP contribution is -2.36. The van der Waals surface area contributed by atoms with E-state index in [0.717, 1.165) is 46.7 Å². The maximum Gasteiger partial charge on any atom is 0.0954 e. The van der Waals surface area contributed by atoms with Crippen LogP contribution in [0, 0.1) is 0 Å². The number of nitrogens with zero attached hydrogens (tertiary/aromatic N) is 1. The summed E-state index contributed by atoms with van der Waals surface area (Å²) in [4.78, 5) is 4.46. The largest absolute Gasteiger partial charge is 0.398 e. The number of halogens is 1. The highest BCUT2D eigenvalue weighted by atomic mass is 79.9. The van der Waals surface area contributed by atoms with Gasteiger partial charge >= 0.3 is 0 Å². The topological polar surface area (TPSA) is 71.2 Å². The van der Waals surface area contributed by atoms with Gasteiger partial charge in [0.1, 0.15) is 0 Å². The number of fused-ring (bicyclic) bond motifs is 1. The van der Waals surface area contributed by atoms with Crippen LogP contribution in [0.5, 0.6) is 0 Å². The van der Waals surface area contributed by atoms with Crippen LogP contribution in [-0.4, -0.2) is 22.2 Å². The van der Waals surface area contributed by atoms with Crippen LogP contribution in [0.3, 0.4) is 0 Å². The summed E-state index contributed by atoms with van der Waals surface area (Å²) >= 11 is 3.42. The van der Waals surface area contributed by atoms with E-state index in [4.69, 9.17) is 5.73 Å². The van der Waals surface area contributed by atoms with Crippen molar-refractivity contribution in [2.45, 2.75) is 37.8 Å². The SMILES string of the molecule is Nc1ccc(NC2CCCCC2O)c2ncc(Br)cc12. The summed E-state index contributed by atoms with van der Waals surface area (Å²) < 4.78 is 0.909. The lowest BCUT2D eigenvalue weighted by Gasteiger charge is -2.29. The zero-order chi connectivity index (χ0) is 14.1. The highest BCUT2D eigenvalue weighted by Gasteiger charge is 2.23. The fourth-order valence-electron chi connectivity index (χ4n) is 2.81. The van der Waals surface area contributed by atoms with E-state index in [0.29, 0.717) is 5.69 Å². The number of benzene rings is 1. The Labute approximate surface area is 126 Å². The average molecular weight is 336 g/mol. The van der Waals surface area contributed by atoms with E-state index in [1.807, 2.05) is 18.2 Å². The molecular formula is C15H18BrN3O. The van der Waals surface area contributed by atoms with Crippen molar-refractivity contribution in [3.05, 3.63) is 28.9 Å². The fraction of sp³-hybridized carbons (Fsp3) is 0.400. The Morgan fingerprint density at radius 1 is 1.30 bits per heavy atom. The standard InChI is InChI=1S/C15H18BrN3O/c16-9-7-10-11(17)5-6-13(15(10)18-8-9)19-12-3-1-2-4-14(12)20/h5-8,12,14,19-20H,1-4,17H2. The second-order valence-electron chi connectivity index (χ2n) is 5.35. The quantitative estimate of drug-likeness (QED) is 0.736. The molecule has 2 aromatic rings. The van der Waals surface area contributed by atoms with Crippen LogP contribution in [0.25, 0.3) is 10.9 Å². The summed E-state index contributed by atoms with van der Waals surface area (Å²) in [5.74, 6) is 0. The Kier molecular flexibility index (Phi) is 3.81. The van der Waals surface area contributed by atoms with E-state index < -0.39 is 0 Å². The predicted molar refractivity (Wildman–Crippen MR) is 85.7 cm³/mol. The fourth-order valence-corrected chi connectivity index (χ4v) is 3.14. The number of anilines is 2. The third-order valence-corrected chi connectivity index (χ3v) is 4.35. The summed E-state index contributed by atoms with van der Waals surface area (Å²) in [5, 5.41) is 14.4. The van der Waals surface area contributed by atoms with Gasteiger partial charge < -0.3 is 16.2 Å². The Morgan fingerprint density at radius 3 is 2.90 bits per heavy atom. The Hall–Kier alpha value is -1.33. The monoisotopic (exact) mass is 335 g/mol. The Balaban J connectivity index is 1.97. The molecule has 1 aliphatic carbocycles. The minimum absolute atomic E-state index is 0.0982. The van der Waals surface area contributed by atoms with E-state index in [9.17, 15) is 5.11 Å². The molecule has 2 unspecified atom stereocenters. The molecule has 0 saturated heterocycles. The maximum atomic E-state index is 10.1. The van der Waals surface area contributed by atoms with Crippen LogP contribution in [0.2, 0.25) is 0 Å². The Bertz CT molecular complexity index is 632. The molecule has 1 saturated carbocycles. The van der Waals surface area contributed by atoms with Gasteiger partial charge in [-0.3, -0.25) is 4.98 Å². The van der Waals surface area contributed by atoms with E-state index >= 15 is 0 Å². The van der Waals surface area contributed by atoms with Gasteiger partial charge in [-0.05, 0) is 47.0 Å². The smallest absolute Gasteiger partial charge is 0.0954 e. The van der Waals surface area contributed by atoms with Gasteiger partial charge in [-0.2, -0.15) is 0 Å². The molecule has 4 N–H and O–H groups in total. The van der Waals surface area contributed by atoms with Crippen LogP contribution in [-0.2, 0) is 0 Å². The molecule has 5 heteroatoms. The molecule has 2 atom stereocenters. The molecule has 0 spiro atoms. The number of nitrogens with two attached hydrogens (primary N) is 1. The highest BCUT2D eigenvalue weighted by Crippen LogP contribution is 2.31. The Morgan fingerprint density at radius 2 is 2.10 bits per heavy atom. The molecule has 106 valence electrons. The number of hydrogen-bond acceptors (Lipinski definition) is 4.